The zero-order valence-electron chi connectivity index (χ0n) is 17.4. The summed E-state index contributed by atoms with van der Waals surface area (Å²) in [5, 5.41) is 18.1. The van der Waals surface area contributed by atoms with E-state index in [0.29, 0.717) is 6.61 Å². The molecular formula is C26H28N2O2. The van der Waals surface area contributed by atoms with E-state index in [2.05, 4.69) is 53.2 Å². The molecule has 0 fully saturated rings. The summed E-state index contributed by atoms with van der Waals surface area (Å²) in [7, 11) is 0. The van der Waals surface area contributed by atoms with E-state index in [-0.39, 0.29) is 6.10 Å². The second-order valence-electron chi connectivity index (χ2n) is 7.23. The van der Waals surface area contributed by atoms with Crippen molar-refractivity contribution in [2.24, 2.45) is 0 Å². The topological polar surface area (TPSA) is 55.2 Å². The molecule has 1 unspecified atom stereocenters. The summed E-state index contributed by atoms with van der Waals surface area (Å²) < 4.78 is 5.51. The SMILES string of the molecule is C=CCOc1ccc(-c2ccc(-c3ccc(C=CCCCC(C)O)cc3)nn2)cc1. The lowest BCUT2D eigenvalue weighted by Crippen LogP contribution is -1.97. The van der Waals surface area contributed by atoms with Gasteiger partial charge in [-0.1, -0.05) is 49.1 Å². The Morgan fingerprint density at radius 3 is 2.07 bits per heavy atom. The van der Waals surface area contributed by atoms with Crippen LogP contribution in [0.15, 0.2) is 79.4 Å². The number of nitrogens with zero attached hydrogens (tertiary/aromatic N) is 2. The van der Waals surface area contributed by atoms with Crippen molar-refractivity contribution in [1.82, 2.24) is 10.2 Å². The van der Waals surface area contributed by atoms with Gasteiger partial charge >= 0.3 is 0 Å². The summed E-state index contributed by atoms with van der Waals surface area (Å²) in [6, 6.07) is 20.1. The van der Waals surface area contributed by atoms with Crippen molar-refractivity contribution in [3.8, 4) is 28.3 Å². The highest BCUT2D eigenvalue weighted by atomic mass is 16.5. The van der Waals surface area contributed by atoms with Gasteiger partial charge in [-0.3, -0.25) is 0 Å². The van der Waals surface area contributed by atoms with E-state index in [9.17, 15) is 5.11 Å². The Balaban J connectivity index is 1.60. The van der Waals surface area contributed by atoms with E-state index < -0.39 is 0 Å². The number of aliphatic hydroxyl groups excluding tert-OH is 1. The van der Waals surface area contributed by atoms with Crippen LogP contribution >= 0.6 is 0 Å². The molecule has 1 N–H and O–H groups in total. The molecule has 154 valence electrons. The summed E-state index contributed by atoms with van der Waals surface area (Å²) in [4.78, 5) is 0. The Labute approximate surface area is 178 Å². The number of hydrogen-bond donors (Lipinski definition) is 1. The molecule has 0 saturated heterocycles. The third-order valence-electron chi connectivity index (χ3n) is 4.69. The number of aromatic nitrogens is 2. The van der Waals surface area contributed by atoms with Crippen LogP contribution < -0.4 is 4.74 Å². The highest BCUT2D eigenvalue weighted by Crippen LogP contribution is 2.23. The third kappa shape index (κ3) is 6.39. The zero-order chi connectivity index (χ0) is 21.2. The average Bonchev–Trinajstić information content (AvgIpc) is 2.78. The molecule has 0 aliphatic carbocycles. The van der Waals surface area contributed by atoms with Gasteiger partial charge in [0.15, 0.2) is 0 Å². The van der Waals surface area contributed by atoms with E-state index >= 15 is 0 Å². The molecule has 0 saturated carbocycles. The fourth-order valence-corrected chi connectivity index (χ4v) is 3.03. The first-order valence-electron chi connectivity index (χ1n) is 10.3. The molecule has 3 rings (SSSR count). The van der Waals surface area contributed by atoms with Crippen molar-refractivity contribution in [3.63, 3.8) is 0 Å². The van der Waals surface area contributed by atoms with Crippen LogP contribution in [0.1, 0.15) is 31.7 Å². The lowest BCUT2D eigenvalue weighted by molar-refractivity contribution is 0.182. The summed E-state index contributed by atoms with van der Waals surface area (Å²) >= 11 is 0. The van der Waals surface area contributed by atoms with Crippen molar-refractivity contribution in [3.05, 3.63) is 85.0 Å². The quantitative estimate of drug-likeness (QED) is 0.338. The Morgan fingerprint density at radius 1 is 0.933 bits per heavy atom. The molecule has 2 aromatic carbocycles. The van der Waals surface area contributed by atoms with Gasteiger partial charge < -0.3 is 9.84 Å². The fraction of sp³-hybridized carbons (Fsp3) is 0.231. The van der Waals surface area contributed by atoms with E-state index in [4.69, 9.17) is 4.74 Å². The first-order valence-corrected chi connectivity index (χ1v) is 10.3. The van der Waals surface area contributed by atoms with Gasteiger partial charge in [-0.15, -0.1) is 10.2 Å². The van der Waals surface area contributed by atoms with Crippen LogP contribution in [0.5, 0.6) is 5.75 Å². The van der Waals surface area contributed by atoms with Crippen LogP contribution in [-0.4, -0.2) is 28.0 Å². The molecule has 0 aliphatic heterocycles. The third-order valence-corrected chi connectivity index (χ3v) is 4.69. The van der Waals surface area contributed by atoms with Crippen molar-refractivity contribution in [2.45, 2.75) is 32.3 Å². The van der Waals surface area contributed by atoms with Crippen LogP contribution in [0, 0.1) is 0 Å². The molecule has 0 aliphatic rings. The first kappa shape index (κ1) is 21.5. The summed E-state index contributed by atoms with van der Waals surface area (Å²) in [6.45, 7) is 5.97. The minimum Gasteiger partial charge on any atom is -0.490 e. The molecule has 0 bridgehead atoms. The van der Waals surface area contributed by atoms with Crippen LogP contribution in [0.2, 0.25) is 0 Å². The maximum absolute atomic E-state index is 9.29. The van der Waals surface area contributed by atoms with E-state index in [1.165, 1.54) is 0 Å². The largest absolute Gasteiger partial charge is 0.490 e. The van der Waals surface area contributed by atoms with Crippen LogP contribution in [0.25, 0.3) is 28.6 Å². The fourth-order valence-electron chi connectivity index (χ4n) is 3.03. The Bertz CT molecular complexity index is 944. The average molecular weight is 401 g/mol. The number of rotatable bonds is 10. The number of hydrogen-bond acceptors (Lipinski definition) is 4. The van der Waals surface area contributed by atoms with Gasteiger partial charge in [-0.2, -0.15) is 0 Å². The number of benzene rings is 2. The second-order valence-corrected chi connectivity index (χ2v) is 7.23. The molecule has 1 heterocycles. The normalized spacial score (nSPS) is 12.1. The molecule has 3 aromatic rings. The van der Waals surface area contributed by atoms with Crippen molar-refractivity contribution < 1.29 is 9.84 Å². The monoisotopic (exact) mass is 400 g/mol. The van der Waals surface area contributed by atoms with E-state index in [1.54, 1.807) is 6.08 Å². The van der Waals surface area contributed by atoms with Crippen LogP contribution in [0.3, 0.4) is 0 Å². The Kier molecular flexibility index (Phi) is 7.93. The van der Waals surface area contributed by atoms with Gasteiger partial charge in [-0.25, -0.2) is 0 Å². The summed E-state index contributed by atoms with van der Waals surface area (Å²) in [5.41, 5.74) is 4.85. The van der Waals surface area contributed by atoms with Crippen molar-refractivity contribution >= 4 is 6.08 Å². The number of allylic oxidation sites excluding steroid dienone is 1. The Hall–Kier alpha value is -3.24. The second kappa shape index (κ2) is 11.1. The highest BCUT2D eigenvalue weighted by molar-refractivity contribution is 5.65. The van der Waals surface area contributed by atoms with Crippen LogP contribution in [-0.2, 0) is 0 Å². The minimum absolute atomic E-state index is 0.221. The molecule has 4 heteroatoms. The van der Waals surface area contributed by atoms with Gasteiger partial charge in [0, 0.05) is 11.1 Å². The van der Waals surface area contributed by atoms with E-state index in [0.717, 1.165) is 53.1 Å². The maximum Gasteiger partial charge on any atom is 0.119 e. The predicted octanol–water partition coefficient (Wildman–Crippen LogP) is 5.94. The van der Waals surface area contributed by atoms with Gasteiger partial charge in [0.25, 0.3) is 0 Å². The predicted molar refractivity (Wildman–Crippen MR) is 123 cm³/mol. The highest BCUT2D eigenvalue weighted by Gasteiger charge is 2.04. The van der Waals surface area contributed by atoms with Gasteiger partial charge in [0.2, 0.25) is 0 Å². The standard InChI is InChI=1S/C26H28N2O2/c1-3-19-30-24-15-13-23(14-16-24)26-18-17-25(27-28-26)22-11-9-21(10-12-22)8-6-4-5-7-20(2)29/h3,6,8-18,20,29H,1,4-5,7,19H2,2H3. The minimum atomic E-state index is -0.221. The molecule has 0 spiro atoms. The van der Waals surface area contributed by atoms with Gasteiger partial charge in [0.05, 0.1) is 17.5 Å². The molecule has 0 radical (unpaired) electrons. The lowest BCUT2D eigenvalue weighted by Gasteiger charge is -2.06. The Morgan fingerprint density at radius 2 is 1.53 bits per heavy atom. The molecular weight excluding hydrogens is 372 g/mol. The molecule has 0 amide bonds. The number of aliphatic hydroxyl groups is 1. The maximum atomic E-state index is 9.29. The smallest absolute Gasteiger partial charge is 0.119 e. The summed E-state index contributed by atoms with van der Waals surface area (Å²) in [6.07, 6.45) is 8.58. The van der Waals surface area contributed by atoms with Crippen LogP contribution in [0.4, 0.5) is 0 Å². The molecule has 1 aromatic heterocycles. The summed E-state index contributed by atoms with van der Waals surface area (Å²) in [5.74, 6) is 0.806. The first-order chi connectivity index (χ1) is 14.7. The van der Waals surface area contributed by atoms with Crippen molar-refractivity contribution in [2.75, 3.05) is 6.61 Å². The molecule has 1 atom stereocenters. The van der Waals surface area contributed by atoms with Crippen molar-refractivity contribution in [1.29, 1.82) is 0 Å². The van der Waals surface area contributed by atoms with Gasteiger partial charge in [0.1, 0.15) is 12.4 Å². The van der Waals surface area contributed by atoms with Gasteiger partial charge in [-0.05, 0) is 68.1 Å². The molecule has 4 nitrogen and oxygen atoms in total. The zero-order valence-corrected chi connectivity index (χ0v) is 17.4. The number of unbranched alkanes of at least 4 members (excludes halogenated alkanes) is 1. The lowest BCUT2D eigenvalue weighted by atomic mass is 10.1. The number of ether oxygens (including phenoxy) is 1. The van der Waals surface area contributed by atoms with E-state index in [1.807, 2.05) is 43.3 Å². The molecule has 30 heavy (non-hydrogen) atoms.